The van der Waals surface area contributed by atoms with Crippen LogP contribution in [0.2, 0.25) is 5.02 Å². The second-order valence-corrected chi connectivity index (χ2v) is 9.94. The van der Waals surface area contributed by atoms with Gasteiger partial charge in [0.25, 0.3) is 0 Å². The standard InChI is InChI=1S/C22H24ClN3O5S/c1-16-12-21(24-22(27)30-10-11-32(2,28)29)25-26(16)14-18-13-19(23)8-9-20(18)31-15-17-6-4-3-5-7-17/h3-9,12-13H,10-11,14-15H2,1-2H3,(H,24,25,27). The van der Waals surface area contributed by atoms with Gasteiger partial charge in [-0.15, -0.1) is 0 Å². The Morgan fingerprint density at radius 3 is 2.62 bits per heavy atom. The highest BCUT2D eigenvalue weighted by atomic mass is 35.5. The summed E-state index contributed by atoms with van der Waals surface area (Å²) in [6.07, 6.45) is 0.306. The first-order valence-electron chi connectivity index (χ1n) is 9.81. The first-order valence-corrected chi connectivity index (χ1v) is 12.2. The maximum Gasteiger partial charge on any atom is 0.412 e. The molecular formula is C22H24ClN3O5S. The molecule has 1 N–H and O–H groups in total. The van der Waals surface area contributed by atoms with Crippen molar-refractivity contribution in [2.45, 2.75) is 20.1 Å². The number of rotatable bonds is 9. The molecule has 3 aromatic rings. The van der Waals surface area contributed by atoms with E-state index in [1.54, 1.807) is 16.8 Å². The van der Waals surface area contributed by atoms with E-state index in [-0.39, 0.29) is 12.4 Å². The summed E-state index contributed by atoms with van der Waals surface area (Å²) in [4.78, 5) is 11.9. The highest BCUT2D eigenvalue weighted by Crippen LogP contribution is 2.25. The lowest BCUT2D eigenvalue weighted by Crippen LogP contribution is -2.19. The minimum absolute atomic E-state index is 0.227. The van der Waals surface area contributed by atoms with Gasteiger partial charge in [-0.3, -0.25) is 10.00 Å². The molecule has 0 aliphatic rings. The summed E-state index contributed by atoms with van der Waals surface area (Å²) in [5.74, 6) is 0.734. The Morgan fingerprint density at radius 1 is 1.16 bits per heavy atom. The van der Waals surface area contributed by atoms with Gasteiger partial charge in [0.15, 0.2) is 15.7 Å². The number of benzene rings is 2. The molecule has 0 aliphatic heterocycles. The van der Waals surface area contributed by atoms with Gasteiger partial charge < -0.3 is 9.47 Å². The number of nitrogens with zero attached hydrogens (tertiary/aromatic N) is 2. The number of ether oxygens (including phenoxy) is 2. The summed E-state index contributed by atoms with van der Waals surface area (Å²) in [6, 6.07) is 16.9. The molecule has 170 valence electrons. The van der Waals surface area contributed by atoms with E-state index in [1.165, 1.54) is 0 Å². The van der Waals surface area contributed by atoms with Crippen LogP contribution in [0.4, 0.5) is 10.6 Å². The lowest BCUT2D eigenvalue weighted by atomic mass is 10.2. The maximum absolute atomic E-state index is 11.9. The Labute approximate surface area is 192 Å². The first kappa shape index (κ1) is 23.6. The third kappa shape index (κ3) is 7.28. The number of sulfone groups is 1. The molecule has 0 atom stereocenters. The summed E-state index contributed by atoms with van der Waals surface area (Å²) in [6.45, 7) is 2.41. The van der Waals surface area contributed by atoms with Crippen LogP contribution in [-0.4, -0.2) is 42.9 Å². The van der Waals surface area contributed by atoms with Crippen LogP contribution in [-0.2, 0) is 27.7 Å². The van der Waals surface area contributed by atoms with Crippen LogP contribution in [0, 0.1) is 6.92 Å². The van der Waals surface area contributed by atoms with Crippen LogP contribution in [0.15, 0.2) is 54.6 Å². The number of nitrogens with one attached hydrogen (secondary N) is 1. The molecule has 0 unspecified atom stereocenters. The molecule has 2 aromatic carbocycles. The lowest BCUT2D eigenvalue weighted by Gasteiger charge is -2.13. The molecule has 32 heavy (non-hydrogen) atoms. The van der Waals surface area contributed by atoms with Crippen molar-refractivity contribution in [2.24, 2.45) is 0 Å². The highest BCUT2D eigenvalue weighted by Gasteiger charge is 2.13. The van der Waals surface area contributed by atoms with Crippen LogP contribution in [0.5, 0.6) is 5.75 Å². The van der Waals surface area contributed by atoms with Crippen molar-refractivity contribution >= 4 is 33.3 Å². The largest absolute Gasteiger partial charge is 0.489 e. The molecule has 0 saturated carbocycles. The normalized spacial score (nSPS) is 11.2. The number of carbonyl (C=O) groups excluding carboxylic acids is 1. The average Bonchev–Trinajstić information content (AvgIpc) is 3.05. The van der Waals surface area contributed by atoms with Gasteiger partial charge in [-0.25, -0.2) is 13.2 Å². The number of amides is 1. The Hall–Kier alpha value is -3.04. The molecule has 0 aliphatic carbocycles. The van der Waals surface area contributed by atoms with Crippen molar-refractivity contribution in [3.63, 3.8) is 0 Å². The molecule has 0 fully saturated rings. The number of hydrogen-bond acceptors (Lipinski definition) is 6. The van der Waals surface area contributed by atoms with Crippen LogP contribution in [0.25, 0.3) is 0 Å². The Morgan fingerprint density at radius 2 is 1.91 bits per heavy atom. The highest BCUT2D eigenvalue weighted by molar-refractivity contribution is 7.90. The van der Waals surface area contributed by atoms with Crippen LogP contribution in [0.3, 0.4) is 0 Å². The fourth-order valence-electron chi connectivity index (χ4n) is 2.87. The second-order valence-electron chi connectivity index (χ2n) is 7.25. The Balaban J connectivity index is 1.66. The molecule has 0 spiro atoms. The number of anilines is 1. The van der Waals surface area contributed by atoms with E-state index in [0.29, 0.717) is 29.7 Å². The van der Waals surface area contributed by atoms with Crippen molar-refractivity contribution in [3.05, 3.63) is 76.4 Å². The fourth-order valence-corrected chi connectivity index (χ4v) is 3.45. The van der Waals surface area contributed by atoms with Crippen molar-refractivity contribution in [1.82, 2.24) is 9.78 Å². The van der Waals surface area contributed by atoms with Gasteiger partial charge in [0, 0.05) is 28.6 Å². The van der Waals surface area contributed by atoms with E-state index >= 15 is 0 Å². The zero-order valence-electron chi connectivity index (χ0n) is 17.7. The predicted molar refractivity (Wildman–Crippen MR) is 123 cm³/mol. The minimum atomic E-state index is -3.21. The van der Waals surface area contributed by atoms with Gasteiger partial charge >= 0.3 is 6.09 Å². The number of aromatic nitrogens is 2. The first-order chi connectivity index (χ1) is 15.2. The number of carbonyl (C=O) groups is 1. The topological polar surface area (TPSA) is 99.5 Å². The lowest BCUT2D eigenvalue weighted by molar-refractivity contribution is 0.168. The smallest absolute Gasteiger partial charge is 0.412 e. The Bertz CT molecular complexity index is 1180. The van der Waals surface area contributed by atoms with Crippen molar-refractivity contribution in [2.75, 3.05) is 23.9 Å². The molecule has 0 radical (unpaired) electrons. The molecule has 8 nitrogen and oxygen atoms in total. The number of halogens is 1. The van der Waals surface area contributed by atoms with Gasteiger partial charge in [0.1, 0.15) is 19.0 Å². The number of hydrogen-bond donors (Lipinski definition) is 1. The van der Waals surface area contributed by atoms with Crippen LogP contribution in [0.1, 0.15) is 16.8 Å². The van der Waals surface area contributed by atoms with E-state index in [0.717, 1.165) is 23.1 Å². The SMILES string of the molecule is Cc1cc(NC(=O)OCCS(C)(=O)=O)nn1Cc1cc(Cl)ccc1OCc1ccccc1. The monoisotopic (exact) mass is 477 g/mol. The zero-order chi connectivity index (χ0) is 23.1. The van der Waals surface area contributed by atoms with Gasteiger partial charge in [0.2, 0.25) is 0 Å². The minimum Gasteiger partial charge on any atom is -0.489 e. The van der Waals surface area contributed by atoms with Crippen molar-refractivity contribution in [3.8, 4) is 5.75 Å². The molecular weight excluding hydrogens is 454 g/mol. The molecule has 0 bridgehead atoms. The summed E-state index contributed by atoms with van der Waals surface area (Å²) >= 11 is 6.19. The molecule has 1 heterocycles. The van der Waals surface area contributed by atoms with Crippen LogP contribution >= 0.6 is 11.6 Å². The fraction of sp³-hybridized carbons (Fsp3) is 0.273. The summed E-state index contributed by atoms with van der Waals surface area (Å²) in [5, 5.41) is 7.46. The van der Waals surface area contributed by atoms with E-state index in [4.69, 9.17) is 21.1 Å². The molecule has 3 rings (SSSR count). The summed E-state index contributed by atoms with van der Waals surface area (Å²) in [5.41, 5.74) is 2.68. The molecule has 1 aromatic heterocycles. The maximum atomic E-state index is 11.9. The predicted octanol–water partition coefficient (Wildman–Crippen LogP) is 4.07. The zero-order valence-corrected chi connectivity index (χ0v) is 19.3. The van der Waals surface area contributed by atoms with Crippen LogP contribution < -0.4 is 10.1 Å². The van der Waals surface area contributed by atoms with E-state index in [2.05, 4.69) is 10.4 Å². The second kappa shape index (κ2) is 10.5. The molecule has 10 heteroatoms. The van der Waals surface area contributed by atoms with Gasteiger partial charge in [-0.05, 0) is 30.7 Å². The third-order valence-corrected chi connectivity index (χ3v) is 5.62. The van der Waals surface area contributed by atoms with E-state index in [9.17, 15) is 13.2 Å². The summed E-state index contributed by atoms with van der Waals surface area (Å²) in [7, 11) is -3.21. The summed E-state index contributed by atoms with van der Waals surface area (Å²) < 4.78 is 34.8. The van der Waals surface area contributed by atoms with Crippen molar-refractivity contribution < 1.29 is 22.7 Å². The van der Waals surface area contributed by atoms with E-state index in [1.807, 2.05) is 49.4 Å². The van der Waals surface area contributed by atoms with Gasteiger partial charge in [0.05, 0.1) is 12.3 Å². The average molecular weight is 478 g/mol. The number of aryl methyl sites for hydroxylation is 1. The third-order valence-electron chi connectivity index (χ3n) is 4.48. The van der Waals surface area contributed by atoms with E-state index < -0.39 is 15.9 Å². The molecule has 0 saturated heterocycles. The van der Waals surface area contributed by atoms with Crippen molar-refractivity contribution in [1.29, 1.82) is 0 Å². The molecule has 1 amide bonds. The van der Waals surface area contributed by atoms with Gasteiger partial charge in [-0.1, -0.05) is 41.9 Å². The Kier molecular flexibility index (Phi) is 7.76. The van der Waals surface area contributed by atoms with Gasteiger partial charge in [-0.2, -0.15) is 5.10 Å². The quantitative estimate of drug-likeness (QED) is 0.498.